The minimum Gasteiger partial charge on any atom is -0.469 e. The fraction of sp³-hybridized carbons (Fsp3) is 0.364. The number of amides is 2. The number of nitrogens with one attached hydrogen (secondary N) is 2. The standard InChI is InChI=1S/C33H39N7O3/c1-5-38-13-15-39(16-14-38)26-11-9-25(10-12-26)36-29-19-30(35-20-34-29)40(27-17-24(4)32-28(18-27)42-21-43-32)33(41)37-31-22(2)7-6-8-23(31)3/h6-12,17-20,24,32H,5,13-16,21H2,1-4H3,(H,37,41)(H,34,35,36). The van der Waals surface area contributed by atoms with Crippen molar-refractivity contribution in [1.29, 1.82) is 0 Å². The lowest BCUT2D eigenvalue weighted by molar-refractivity contribution is 0.0386. The lowest BCUT2D eigenvalue weighted by Gasteiger charge is -2.35. The number of anilines is 5. The van der Waals surface area contributed by atoms with Gasteiger partial charge in [-0.2, -0.15) is 0 Å². The second-order valence-corrected chi connectivity index (χ2v) is 11.2. The van der Waals surface area contributed by atoms with Crippen molar-refractivity contribution >= 4 is 34.7 Å². The lowest BCUT2D eigenvalue weighted by atomic mass is 9.96. The molecular formula is C33H39N7O3. The van der Waals surface area contributed by atoms with Crippen LogP contribution in [0.4, 0.5) is 33.5 Å². The number of piperazine rings is 1. The van der Waals surface area contributed by atoms with E-state index in [1.807, 2.05) is 51.1 Å². The summed E-state index contributed by atoms with van der Waals surface area (Å²) in [5.41, 5.74) is 5.50. The first-order chi connectivity index (χ1) is 20.9. The number of allylic oxidation sites excluding steroid dienone is 1. The molecule has 0 radical (unpaired) electrons. The van der Waals surface area contributed by atoms with Gasteiger partial charge in [0, 0.05) is 61.3 Å². The number of hydrogen-bond donors (Lipinski definition) is 2. The second kappa shape index (κ2) is 12.4. The summed E-state index contributed by atoms with van der Waals surface area (Å²) in [6.45, 7) is 13.7. The van der Waals surface area contributed by atoms with Crippen LogP contribution in [0.15, 0.2) is 78.5 Å². The largest absolute Gasteiger partial charge is 0.469 e. The molecule has 10 nitrogen and oxygen atoms in total. The van der Waals surface area contributed by atoms with Crippen LogP contribution in [0.3, 0.4) is 0 Å². The second-order valence-electron chi connectivity index (χ2n) is 11.2. The van der Waals surface area contributed by atoms with E-state index in [2.05, 4.69) is 61.6 Å². The van der Waals surface area contributed by atoms with Crippen LogP contribution in [-0.2, 0) is 9.47 Å². The van der Waals surface area contributed by atoms with E-state index in [0.717, 1.165) is 55.2 Å². The molecule has 2 fully saturated rings. The molecule has 2 aromatic carbocycles. The molecule has 1 aliphatic carbocycles. The maximum atomic E-state index is 14.0. The van der Waals surface area contributed by atoms with Gasteiger partial charge in [0.2, 0.25) is 0 Å². The molecule has 2 amide bonds. The highest BCUT2D eigenvalue weighted by Crippen LogP contribution is 2.34. The Hall–Kier alpha value is -4.41. The first-order valence-electron chi connectivity index (χ1n) is 14.9. The average molecular weight is 582 g/mol. The van der Waals surface area contributed by atoms with Crippen molar-refractivity contribution < 1.29 is 14.3 Å². The minimum absolute atomic E-state index is 0.0101. The maximum Gasteiger partial charge on any atom is 0.332 e. The first kappa shape index (κ1) is 28.7. The van der Waals surface area contributed by atoms with Crippen LogP contribution < -0.4 is 20.4 Å². The van der Waals surface area contributed by atoms with Crippen LogP contribution in [0, 0.1) is 19.8 Å². The average Bonchev–Trinajstić information content (AvgIpc) is 3.50. The molecule has 3 aliphatic rings. The topological polar surface area (TPSA) is 95.1 Å². The Balaban J connectivity index is 1.26. The predicted molar refractivity (Wildman–Crippen MR) is 170 cm³/mol. The SMILES string of the molecule is CCN1CCN(c2ccc(Nc3cc(N(C(=O)Nc4c(C)cccc4C)C4=CC(C)C5OCOC5=C4)ncn3)cc2)CC1. The lowest BCUT2D eigenvalue weighted by Crippen LogP contribution is -2.46. The Morgan fingerprint density at radius 1 is 1.05 bits per heavy atom. The molecule has 2 N–H and O–H groups in total. The van der Waals surface area contributed by atoms with Gasteiger partial charge < -0.3 is 29.9 Å². The molecule has 3 aromatic rings. The normalized spacial score (nSPS) is 20.0. The summed E-state index contributed by atoms with van der Waals surface area (Å²) >= 11 is 0. The van der Waals surface area contributed by atoms with Crippen LogP contribution in [0.5, 0.6) is 0 Å². The molecule has 224 valence electrons. The molecule has 0 spiro atoms. The molecule has 1 aromatic heterocycles. The van der Waals surface area contributed by atoms with E-state index in [1.54, 1.807) is 11.0 Å². The molecule has 2 saturated heterocycles. The molecular weight excluding hydrogens is 542 g/mol. The van der Waals surface area contributed by atoms with E-state index >= 15 is 0 Å². The monoisotopic (exact) mass is 581 g/mol. The van der Waals surface area contributed by atoms with Crippen molar-refractivity contribution in [2.45, 2.75) is 33.8 Å². The van der Waals surface area contributed by atoms with Crippen molar-refractivity contribution in [2.24, 2.45) is 5.92 Å². The molecule has 6 rings (SSSR count). The number of likely N-dealkylation sites (N-methyl/N-ethyl adjacent to an activating group) is 1. The number of fused-ring (bicyclic) bond motifs is 1. The van der Waals surface area contributed by atoms with Crippen molar-refractivity contribution in [3.05, 3.63) is 89.6 Å². The molecule has 43 heavy (non-hydrogen) atoms. The Kier molecular flexibility index (Phi) is 8.31. The highest BCUT2D eigenvalue weighted by molar-refractivity contribution is 6.05. The van der Waals surface area contributed by atoms with Gasteiger partial charge >= 0.3 is 6.03 Å². The van der Waals surface area contributed by atoms with E-state index < -0.39 is 0 Å². The smallest absolute Gasteiger partial charge is 0.332 e. The highest BCUT2D eigenvalue weighted by Gasteiger charge is 2.34. The van der Waals surface area contributed by atoms with E-state index in [1.165, 1.54) is 12.0 Å². The van der Waals surface area contributed by atoms with E-state index in [4.69, 9.17) is 9.47 Å². The number of aromatic nitrogens is 2. The van der Waals surface area contributed by atoms with Crippen LogP contribution in [0.2, 0.25) is 0 Å². The number of benzene rings is 2. The van der Waals surface area contributed by atoms with Crippen LogP contribution >= 0.6 is 0 Å². The van der Waals surface area contributed by atoms with Gasteiger partial charge in [0.1, 0.15) is 29.8 Å². The quantitative estimate of drug-likeness (QED) is 0.361. The zero-order valence-corrected chi connectivity index (χ0v) is 25.2. The van der Waals surface area contributed by atoms with Gasteiger partial charge in [-0.1, -0.05) is 38.1 Å². The minimum atomic E-state index is -0.331. The molecule has 2 atom stereocenters. The van der Waals surface area contributed by atoms with Gasteiger partial charge in [0.05, 0.1) is 5.70 Å². The van der Waals surface area contributed by atoms with Crippen molar-refractivity contribution in [3.8, 4) is 0 Å². The molecule has 3 heterocycles. The summed E-state index contributed by atoms with van der Waals surface area (Å²) in [5, 5.41) is 6.50. The summed E-state index contributed by atoms with van der Waals surface area (Å²) in [6.07, 6.45) is 5.18. The van der Waals surface area contributed by atoms with Gasteiger partial charge in [-0.3, -0.25) is 0 Å². The summed E-state index contributed by atoms with van der Waals surface area (Å²) in [5.74, 6) is 1.73. The molecule has 2 unspecified atom stereocenters. The molecule has 2 aliphatic heterocycles. The predicted octanol–water partition coefficient (Wildman–Crippen LogP) is 5.81. The maximum absolute atomic E-state index is 14.0. The number of urea groups is 1. The number of aryl methyl sites for hydroxylation is 2. The summed E-state index contributed by atoms with van der Waals surface area (Å²) in [4.78, 5) is 29.4. The first-order valence-corrected chi connectivity index (χ1v) is 14.9. The third-order valence-corrected chi connectivity index (χ3v) is 8.34. The molecule has 0 saturated carbocycles. The Morgan fingerprint density at radius 2 is 1.79 bits per heavy atom. The fourth-order valence-electron chi connectivity index (χ4n) is 5.86. The van der Waals surface area contributed by atoms with Crippen molar-refractivity contribution in [2.75, 3.05) is 60.0 Å². The summed E-state index contributed by atoms with van der Waals surface area (Å²) in [6, 6.07) is 15.8. The van der Waals surface area contributed by atoms with E-state index in [9.17, 15) is 4.79 Å². The van der Waals surface area contributed by atoms with Gasteiger partial charge in [-0.25, -0.2) is 19.7 Å². The number of para-hydroxylation sites is 1. The Morgan fingerprint density at radius 3 is 2.51 bits per heavy atom. The van der Waals surface area contributed by atoms with Crippen molar-refractivity contribution in [1.82, 2.24) is 14.9 Å². The van der Waals surface area contributed by atoms with Crippen LogP contribution in [0.1, 0.15) is 25.0 Å². The Bertz CT molecular complexity index is 1510. The number of ether oxygens (including phenoxy) is 2. The van der Waals surface area contributed by atoms with Gasteiger partial charge in [0.15, 0.2) is 6.79 Å². The number of nitrogens with zero attached hydrogens (tertiary/aromatic N) is 5. The highest BCUT2D eigenvalue weighted by atomic mass is 16.7. The van der Waals surface area contributed by atoms with E-state index in [-0.39, 0.29) is 24.8 Å². The summed E-state index contributed by atoms with van der Waals surface area (Å²) in [7, 11) is 0. The zero-order valence-electron chi connectivity index (χ0n) is 25.2. The third kappa shape index (κ3) is 6.21. The van der Waals surface area contributed by atoms with Crippen molar-refractivity contribution in [3.63, 3.8) is 0 Å². The number of carbonyl (C=O) groups excluding carboxylic acids is 1. The van der Waals surface area contributed by atoms with Gasteiger partial charge in [0.25, 0.3) is 0 Å². The van der Waals surface area contributed by atoms with Crippen LogP contribution in [-0.4, -0.2) is 66.5 Å². The molecule has 10 heteroatoms. The fourth-order valence-corrected chi connectivity index (χ4v) is 5.86. The van der Waals surface area contributed by atoms with Gasteiger partial charge in [-0.15, -0.1) is 0 Å². The zero-order chi connectivity index (χ0) is 29.9. The summed E-state index contributed by atoms with van der Waals surface area (Å²) < 4.78 is 11.5. The van der Waals surface area contributed by atoms with E-state index in [0.29, 0.717) is 23.1 Å². The third-order valence-electron chi connectivity index (χ3n) is 8.34. The molecule has 0 bridgehead atoms. The number of hydrogen-bond acceptors (Lipinski definition) is 8. The number of carbonyl (C=O) groups is 1. The van der Waals surface area contributed by atoms with Gasteiger partial charge in [-0.05, 0) is 55.8 Å². The Labute approximate surface area is 253 Å². The number of rotatable bonds is 7. The van der Waals surface area contributed by atoms with Crippen LogP contribution in [0.25, 0.3) is 0 Å².